The minimum atomic E-state index is -0.640. The molecular weight excluding hydrogens is 222 g/mol. The lowest BCUT2D eigenvalue weighted by molar-refractivity contribution is -0.0402. The summed E-state index contributed by atoms with van der Waals surface area (Å²) in [6, 6.07) is 0. The summed E-state index contributed by atoms with van der Waals surface area (Å²) in [4.78, 5) is 5.14. The number of hydroxylamine groups is 3. The van der Waals surface area contributed by atoms with E-state index in [0.717, 1.165) is 0 Å². The monoisotopic (exact) mass is 244 g/mol. The summed E-state index contributed by atoms with van der Waals surface area (Å²) in [6.07, 6.45) is 1.22. The molecule has 0 spiro atoms. The Labute approximate surface area is 102 Å². The highest BCUT2D eigenvalue weighted by Crippen LogP contribution is 2.10. The van der Waals surface area contributed by atoms with Crippen LogP contribution < -0.4 is 11.2 Å². The Hall–Kier alpha value is -1.34. The van der Waals surface area contributed by atoms with Crippen LogP contribution in [0.3, 0.4) is 0 Å². The first-order chi connectivity index (χ1) is 7.54. The van der Waals surface area contributed by atoms with Crippen LogP contribution in [0, 0.1) is 5.21 Å². The Morgan fingerprint density at radius 1 is 1.29 bits per heavy atom. The van der Waals surface area contributed by atoms with E-state index in [-0.39, 0.29) is 11.6 Å². The highest BCUT2D eigenvalue weighted by molar-refractivity contribution is 5.79. The molecule has 0 bridgehead atoms. The van der Waals surface area contributed by atoms with Crippen LogP contribution in [0.4, 0.5) is 0 Å². The molecule has 0 aliphatic rings. The van der Waals surface area contributed by atoms with Crippen molar-refractivity contribution in [3.63, 3.8) is 0 Å². The molecule has 0 amide bonds. The maximum atomic E-state index is 11.5. The van der Waals surface area contributed by atoms with Gasteiger partial charge in [-0.1, -0.05) is 0 Å². The Kier molecular flexibility index (Phi) is 5.37. The number of hydrogen-bond acceptors (Lipinski definition) is 4. The maximum absolute atomic E-state index is 11.5. The van der Waals surface area contributed by atoms with Gasteiger partial charge in [0.15, 0.2) is 0 Å². The highest BCUT2D eigenvalue weighted by atomic mass is 16.7. The molecule has 0 unspecified atom stereocenters. The molecule has 7 nitrogen and oxygen atoms in total. The number of hydrogen-bond donors (Lipinski definition) is 2. The minimum absolute atomic E-state index is 0.202. The zero-order chi connectivity index (χ0) is 13.7. The molecule has 0 atom stereocenters. The van der Waals surface area contributed by atoms with Crippen molar-refractivity contribution in [2.45, 2.75) is 52.7 Å². The lowest BCUT2D eigenvalue weighted by atomic mass is 10.1. The largest absolute Gasteiger partial charge is 0.756 e. The number of nitrogens with two attached hydrogens (primary N) is 1. The first-order valence-electron chi connectivity index (χ1n) is 5.30. The fourth-order valence-electron chi connectivity index (χ4n) is 0.699. The quantitative estimate of drug-likeness (QED) is 0.441. The van der Waals surface area contributed by atoms with Crippen LogP contribution in [0.25, 0.3) is 0 Å². The molecule has 0 aromatic heterocycles. The van der Waals surface area contributed by atoms with Crippen molar-refractivity contribution < 1.29 is 4.84 Å². The number of nitrogens with zero attached hydrogens (tertiary/aromatic N) is 3. The van der Waals surface area contributed by atoms with Crippen molar-refractivity contribution in [3.05, 3.63) is 5.21 Å². The van der Waals surface area contributed by atoms with Gasteiger partial charge in [0, 0.05) is 5.54 Å². The molecule has 0 fully saturated rings. The summed E-state index contributed by atoms with van der Waals surface area (Å²) in [7, 11) is 0. The van der Waals surface area contributed by atoms with E-state index in [1.54, 1.807) is 20.8 Å². The molecule has 0 saturated heterocycles. The fraction of sp³-hybridized carbons (Fsp3) is 0.800. The van der Waals surface area contributed by atoms with Crippen molar-refractivity contribution in [3.8, 4) is 0 Å². The van der Waals surface area contributed by atoms with Gasteiger partial charge >= 0.3 is 0 Å². The van der Waals surface area contributed by atoms with Crippen LogP contribution in [0.1, 0.15) is 41.5 Å². The first kappa shape index (κ1) is 15.7. The molecule has 0 aliphatic heterocycles. The molecule has 0 rings (SSSR count). The molecule has 0 aromatic carbocycles. The van der Waals surface area contributed by atoms with E-state index in [4.69, 9.17) is 10.6 Å². The van der Waals surface area contributed by atoms with Gasteiger partial charge in [0.1, 0.15) is 6.34 Å². The van der Waals surface area contributed by atoms with Crippen LogP contribution in [0.2, 0.25) is 0 Å². The number of nitrogens with one attached hydrogen (secondary N) is 1. The van der Waals surface area contributed by atoms with Gasteiger partial charge in [-0.15, -0.1) is 10.2 Å². The minimum Gasteiger partial charge on any atom is -0.756 e. The molecule has 0 saturated carbocycles. The normalized spacial score (nSPS) is 14.2. The van der Waals surface area contributed by atoms with Crippen LogP contribution in [-0.4, -0.2) is 28.5 Å². The lowest BCUT2D eigenvalue weighted by Gasteiger charge is -2.41. The predicted octanol–water partition coefficient (Wildman–Crippen LogP) is 1.16. The Morgan fingerprint density at radius 2 is 1.82 bits per heavy atom. The van der Waals surface area contributed by atoms with E-state index in [2.05, 4.69) is 15.7 Å². The summed E-state index contributed by atoms with van der Waals surface area (Å²) >= 11 is 0. The highest BCUT2D eigenvalue weighted by Gasteiger charge is 2.14. The van der Waals surface area contributed by atoms with Crippen LogP contribution in [0.5, 0.6) is 0 Å². The van der Waals surface area contributed by atoms with Crippen molar-refractivity contribution in [1.82, 2.24) is 10.5 Å². The third-order valence-electron chi connectivity index (χ3n) is 1.45. The van der Waals surface area contributed by atoms with Gasteiger partial charge < -0.3 is 16.0 Å². The van der Waals surface area contributed by atoms with Gasteiger partial charge in [-0.25, -0.2) is 0 Å². The zero-order valence-corrected chi connectivity index (χ0v) is 11.3. The third-order valence-corrected chi connectivity index (χ3v) is 1.45. The Morgan fingerprint density at radius 3 is 2.24 bits per heavy atom. The second kappa shape index (κ2) is 5.83. The average molecular weight is 244 g/mol. The molecule has 7 heteroatoms. The van der Waals surface area contributed by atoms with E-state index >= 15 is 0 Å². The van der Waals surface area contributed by atoms with Gasteiger partial charge in [-0.2, -0.15) is 0 Å². The molecule has 0 radical (unpaired) electrons. The van der Waals surface area contributed by atoms with Crippen molar-refractivity contribution in [1.29, 1.82) is 0 Å². The molecule has 0 heterocycles. The average Bonchev–Trinajstić information content (AvgIpc) is 2.12. The summed E-state index contributed by atoms with van der Waals surface area (Å²) in [5.74, 6) is -0.202. The van der Waals surface area contributed by atoms with Crippen LogP contribution in [0.15, 0.2) is 10.2 Å². The molecule has 0 aromatic rings. The molecular formula is C10H22N5O2-. The van der Waals surface area contributed by atoms with Gasteiger partial charge in [0.2, 0.25) is 5.96 Å². The fourth-order valence-corrected chi connectivity index (χ4v) is 0.699. The van der Waals surface area contributed by atoms with Gasteiger partial charge in [0.05, 0.1) is 5.60 Å². The Bertz CT molecular complexity index is 288. The van der Waals surface area contributed by atoms with E-state index < -0.39 is 5.54 Å². The van der Waals surface area contributed by atoms with Gasteiger partial charge in [-0.3, -0.25) is 10.3 Å². The zero-order valence-electron chi connectivity index (χ0n) is 11.3. The SMILES string of the molecule is CC(C)(C)ONC=NN=C(N)N([O-])C(C)(C)C. The number of guanidine groups is 1. The number of rotatable bonds is 3. The second-order valence-electron chi connectivity index (χ2n) is 5.50. The van der Waals surface area contributed by atoms with Crippen molar-refractivity contribution in [2.75, 3.05) is 0 Å². The smallest absolute Gasteiger partial charge is 0.206 e. The van der Waals surface area contributed by atoms with Crippen LogP contribution in [-0.2, 0) is 4.84 Å². The molecule has 0 aliphatic carbocycles. The predicted molar refractivity (Wildman–Crippen MR) is 69.0 cm³/mol. The standard InChI is InChI=1S/C10H22N5O2/c1-9(2,3)15(16)8(11)14-12-7-13-17-10(4,5)6/h7H,1-6H3,(H2,11,14)(H,12,13)/q-1. The van der Waals surface area contributed by atoms with Gasteiger partial charge in [0.25, 0.3) is 0 Å². The lowest BCUT2D eigenvalue weighted by Crippen LogP contribution is -2.45. The van der Waals surface area contributed by atoms with Crippen molar-refractivity contribution >= 4 is 12.3 Å². The first-order valence-corrected chi connectivity index (χ1v) is 5.30. The van der Waals surface area contributed by atoms with Crippen molar-refractivity contribution in [2.24, 2.45) is 15.9 Å². The molecule has 3 N–H and O–H groups in total. The molecule has 17 heavy (non-hydrogen) atoms. The summed E-state index contributed by atoms with van der Waals surface area (Å²) < 4.78 is 0. The van der Waals surface area contributed by atoms with E-state index in [1.165, 1.54) is 6.34 Å². The summed E-state index contributed by atoms with van der Waals surface area (Å²) in [5.41, 5.74) is 6.96. The van der Waals surface area contributed by atoms with Gasteiger partial charge in [-0.05, 0) is 41.5 Å². The summed E-state index contributed by atoms with van der Waals surface area (Å²) in [5, 5.41) is 19.2. The topological polar surface area (TPSA) is 98.3 Å². The summed E-state index contributed by atoms with van der Waals surface area (Å²) in [6.45, 7) is 10.8. The van der Waals surface area contributed by atoms with E-state index in [9.17, 15) is 5.21 Å². The van der Waals surface area contributed by atoms with E-state index in [1.807, 2.05) is 20.8 Å². The maximum Gasteiger partial charge on any atom is 0.206 e. The third kappa shape index (κ3) is 7.53. The van der Waals surface area contributed by atoms with E-state index in [0.29, 0.717) is 5.06 Å². The Balaban J connectivity index is 4.20. The van der Waals surface area contributed by atoms with Crippen LogP contribution >= 0.6 is 0 Å². The second-order valence-corrected chi connectivity index (χ2v) is 5.50. The molecule has 100 valence electrons.